The molecular weight excluding hydrogens is 198 g/mol. The van der Waals surface area contributed by atoms with E-state index in [2.05, 4.69) is 9.97 Å². The Morgan fingerprint density at radius 3 is 2.79 bits per heavy atom. The summed E-state index contributed by atoms with van der Waals surface area (Å²) in [5, 5.41) is 0.639. The normalized spacial score (nSPS) is 10.1. The Kier molecular flexibility index (Phi) is 2.33. The second-order valence-electron chi connectivity index (χ2n) is 2.82. The average molecular weight is 206 g/mol. The zero-order chi connectivity index (χ0) is 9.97. The van der Waals surface area contributed by atoms with E-state index in [4.69, 9.17) is 17.3 Å². The molecule has 2 rings (SSSR count). The Morgan fingerprint density at radius 2 is 2.07 bits per heavy atom. The van der Waals surface area contributed by atoms with E-state index in [1.54, 1.807) is 36.8 Å². The number of nitrogen functional groups attached to an aromatic ring is 1. The van der Waals surface area contributed by atoms with E-state index in [1.807, 2.05) is 0 Å². The number of nitrogens with two attached hydrogens (primary N) is 1. The standard InChI is InChI=1S/C10H8ClN3/c11-7-1-2-9(12)8(5-7)10-6-13-3-4-14-10/h1-6H,12H2. The van der Waals surface area contributed by atoms with Gasteiger partial charge in [-0.3, -0.25) is 9.97 Å². The lowest BCUT2D eigenvalue weighted by Crippen LogP contribution is -1.91. The van der Waals surface area contributed by atoms with Gasteiger partial charge in [0.05, 0.1) is 11.9 Å². The van der Waals surface area contributed by atoms with Crippen molar-refractivity contribution < 1.29 is 0 Å². The Bertz CT molecular complexity index is 442. The van der Waals surface area contributed by atoms with Crippen LogP contribution >= 0.6 is 11.6 Å². The monoisotopic (exact) mass is 205 g/mol. The maximum atomic E-state index is 5.86. The van der Waals surface area contributed by atoms with E-state index in [0.29, 0.717) is 10.7 Å². The van der Waals surface area contributed by atoms with Crippen LogP contribution in [0.25, 0.3) is 11.3 Å². The number of aromatic nitrogens is 2. The van der Waals surface area contributed by atoms with Crippen molar-refractivity contribution in [3.05, 3.63) is 41.8 Å². The van der Waals surface area contributed by atoms with Crippen molar-refractivity contribution in [2.45, 2.75) is 0 Å². The molecule has 0 atom stereocenters. The summed E-state index contributed by atoms with van der Waals surface area (Å²) in [7, 11) is 0. The van der Waals surface area contributed by atoms with Gasteiger partial charge in [0.15, 0.2) is 0 Å². The van der Waals surface area contributed by atoms with Crippen LogP contribution in [-0.4, -0.2) is 9.97 Å². The number of rotatable bonds is 1. The van der Waals surface area contributed by atoms with Crippen molar-refractivity contribution in [3.63, 3.8) is 0 Å². The summed E-state index contributed by atoms with van der Waals surface area (Å²) in [4.78, 5) is 8.12. The predicted molar refractivity (Wildman–Crippen MR) is 56.9 cm³/mol. The molecule has 0 spiro atoms. The van der Waals surface area contributed by atoms with Gasteiger partial charge in [0, 0.05) is 28.7 Å². The average Bonchev–Trinajstić information content (AvgIpc) is 2.23. The molecule has 0 aliphatic rings. The summed E-state index contributed by atoms with van der Waals surface area (Å²) in [6, 6.07) is 5.28. The first-order valence-corrected chi connectivity index (χ1v) is 4.46. The van der Waals surface area contributed by atoms with Crippen LogP contribution in [0.5, 0.6) is 0 Å². The molecule has 0 aliphatic carbocycles. The molecule has 1 aromatic carbocycles. The van der Waals surface area contributed by atoms with Crippen LogP contribution in [0.4, 0.5) is 5.69 Å². The molecule has 0 saturated carbocycles. The predicted octanol–water partition coefficient (Wildman–Crippen LogP) is 2.38. The van der Waals surface area contributed by atoms with Gasteiger partial charge in [0.2, 0.25) is 0 Å². The van der Waals surface area contributed by atoms with Crippen LogP contribution < -0.4 is 5.73 Å². The van der Waals surface area contributed by atoms with Crippen molar-refractivity contribution in [2.24, 2.45) is 0 Å². The lowest BCUT2D eigenvalue weighted by molar-refractivity contribution is 1.21. The van der Waals surface area contributed by atoms with Crippen molar-refractivity contribution in [1.29, 1.82) is 0 Å². The summed E-state index contributed by atoms with van der Waals surface area (Å²) < 4.78 is 0. The van der Waals surface area contributed by atoms with Gasteiger partial charge in [-0.05, 0) is 18.2 Å². The van der Waals surface area contributed by atoms with E-state index in [-0.39, 0.29) is 0 Å². The van der Waals surface area contributed by atoms with Crippen LogP contribution in [0.1, 0.15) is 0 Å². The van der Waals surface area contributed by atoms with Gasteiger partial charge in [0.25, 0.3) is 0 Å². The molecule has 1 heterocycles. The lowest BCUT2D eigenvalue weighted by Gasteiger charge is -2.04. The molecule has 0 aliphatic heterocycles. The highest BCUT2D eigenvalue weighted by atomic mass is 35.5. The first-order valence-electron chi connectivity index (χ1n) is 4.09. The SMILES string of the molecule is Nc1ccc(Cl)cc1-c1cnccn1. The van der Waals surface area contributed by atoms with Gasteiger partial charge in [0.1, 0.15) is 0 Å². The molecule has 2 N–H and O–H groups in total. The van der Waals surface area contributed by atoms with Gasteiger partial charge in [-0.1, -0.05) is 11.6 Å². The Morgan fingerprint density at radius 1 is 1.21 bits per heavy atom. The van der Waals surface area contributed by atoms with Gasteiger partial charge in [-0.25, -0.2) is 0 Å². The van der Waals surface area contributed by atoms with Crippen molar-refractivity contribution >= 4 is 17.3 Å². The smallest absolute Gasteiger partial charge is 0.0906 e. The molecule has 0 radical (unpaired) electrons. The van der Waals surface area contributed by atoms with Gasteiger partial charge in [-0.2, -0.15) is 0 Å². The molecule has 3 nitrogen and oxygen atoms in total. The molecule has 4 heteroatoms. The molecule has 0 bridgehead atoms. The van der Waals surface area contributed by atoms with E-state index in [1.165, 1.54) is 0 Å². The van der Waals surface area contributed by atoms with E-state index >= 15 is 0 Å². The summed E-state index contributed by atoms with van der Waals surface area (Å²) in [6.45, 7) is 0. The summed E-state index contributed by atoms with van der Waals surface area (Å²) in [5.74, 6) is 0. The minimum atomic E-state index is 0.639. The van der Waals surface area contributed by atoms with E-state index in [9.17, 15) is 0 Å². The van der Waals surface area contributed by atoms with Crippen molar-refractivity contribution in [3.8, 4) is 11.3 Å². The number of nitrogens with zero attached hydrogens (tertiary/aromatic N) is 2. The topological polar surface area (TPSA) is 51.8 Å². The number of halogens is 1. The molecule has 2 aromatic rings. The van der Waals surface area contributed by atoms with E-state index < -0.39 is 0 Å². The largest absolute Gasteiger partial charge is 0.398 e. The highest BCUT2D eigenvalue weighted by Crippen LogP contribution is 2.26. The molecule has 0 fully saturated rings. The molecule has 14 heavy (non-hydrogen) atoms. The van der Waals surface area contributed by atoms with Crippen molar-refractivity contribution in [2.75, 3.05) is 5.73 Å². The quantitative estimate of drug-likeness (QED) is 0.728. The second-order valence-corrected chi connectivity index (χ2v) is 3.26. The Labute approximate surface area is 86.6 Å². The molecule has 0 unspecified atom stereocenters. The number of benzene rings is 1. The molecular formula is C10H8ClN3. The summed E-state index contributed by atoms with van der Waals surface area (Å²) in [6.07, 6.45) is 4.89. The highest BCUT2D eigenvalue weighted by Gasteiger charge is 2.03. The first kappa shape index (κ1) is 8.97. The van der Waals surface area contributed by atoms with Gasteiger partial charge in [-0.15, -0.1) is 0 Å². The fourth-order valence-corrected chi connectivity index (χ4v) is 1.36. The zero-order valence-electron chi connectivity index (χ0n) is 7.31. The van der Waals surface area contributed by atoms with Crippen LogP contribution in [0.3, 0.4) is 0 Å². The minimum Gasteiger partial charge on any atom is -0.398 e. The second kappa shape index (κ2) is 3.64. The van der Waals surface area contributed by atoms with Gasteiger partial charge >= 0.3 is 0 Å². The number of anilines is 1. The maximum absolute atomic E-state index is 5.86. The summed E-state index contributed by atoms with van der Waals surface area (Å²) in [5.41, 5.74) is 7.98. The third-order valence-corrected chi connectivity index (χ3v) is 2.09. The Hall–Kier alpha value is -1.61. The maximum Gasteiger partial charge on any atom is 0.0906 e. The third kappa shape index (κ3) is 1.67. The van der Waals surface area contributed by atoms with Crippen LogP contribution in [-0.2, 0) is 0 Å². The van der Waals surface area contributed by atoms with Crippen LogP contribution in [0.2, 0.25) is 5.02 Å². The van der Waals surface area contributed by atoms with Gasteiger partial charge < -0.3 is 5.73 Å². The minimum absolute atomic E-state index is 0.639. The fraction of sp³-hybridized carbons (Fsp3) is 0. The molecule has 0 saturated heterocycles. The third-order valence-electron chi connectivity index (χ3n) is 1.85. The number of hydrogen-bond acceptors (Lipinski definition) is 3. The summed E-state index contributed by atoms with van der Waals surface area (Å²) >= 11 is 5.86. The van der Waals surface area contributed by atoms with Crippen molar-refractivity contribution in [1.82, 2.24) is 9.97 Å². The first-order chi connectivity index (χ1) is 6.77. The van der Waals surface area contributed by atoms with E-state index in [0.717, 1.165) is 11.3 Å². The number of hydrogen-bond donors (Lipinski definition) is 1. The molecule has 1 aromatic heterocycles. The van der Waals surface area contributed by atoms with Crippen LogP contribution in [0, 0.1) is 0 Å². The lowest BCUT2D eigenvalue weighted by atomic mass is 10.1. The molecule has 0 amide bonds. The molecule has 70 valence electrons. The zero-order valence-corrected chi connectivity index (χ0v) is 8.07. The highest BCUT2D eigenvalue weighted by molar-refractivity contribution is 6.31. The Balaban J connectivity index is 2.57. The van der Waals surface area contributed by atoms with Crippen LogP contribution in [0.15, 0.2) is 36.8 Å². The fourth-order valence-electron chi connectivity index (χ4n) is 1.19.